The lowest BCUT2D eigenvalue weighted by atomic mass is 9.83. The second-order valence-corrected chi connectivity index (χ2v) is 27.1. The Morgan fingerprint density at radius 2 is 1.53 bits per heavy atom. The van der Waals surface area contributed by atoms with Gasteiger partial charge >= 0.3 is 5.97 Å². The van der Waals surface area contributed by atoms with E-state index in [4.69, 9.17) is 25.2 Å². The maximum Gasteiger partial charge on any atom is 0.305 e. The zero-order valence-corrected chi connectivity index (χ0v) is 34.4. The molecule has 2 unspecified atom stereocenters. The van der Waals surface area contributed by atoms with Crippen LogP contribution >= 0.6 is 11.6 Å². The van der Waals surface area contributed by atoms with Gasteiger partial charge in [-0.05, 0) is 90.1 Å². The largest absolute Gasteiger partial charge is 0.469 e. The van der Waals surface area contributed by atoms with Crippen LogP contribution in [0.5, 0.6) is 0 Å². The van der Waals surface area contributed by atoms with Gasteiger partial charge in [0.25, 0.3) is 0 Å². The Morgan fingerprint density at radius 3 is 2.11 bits per heavy atom. The molecule has 0 bridgehead atoms. The highest BCUT2D eigenvalue weighted by Crippen LogP contribution is 2.49. The lowest BCUT2D eigenvalue weighted by Crippen LogP contribution is -2.44. The van der Waals surface area contributed by atoms with Gasteiger partial charge in [0, 0.05) is 17.7 Å². The molecule has 0 radical (unpaired) electrons. The summed E-state index contributed by atoms with van der Waals surface area (Å²) < 4.78 is 19.1. The number of alkyl halides is 1. The molecule has 2 aromatic rings. The van der Waals surface area contributed by atoms with E-state index in [0.29, 0.717) is 12.8 Å². The van der Waals surface area contributed by atoms with Gasteiger partial charge in [0.2, 0.25) is 0 Å². The van der Waals surface area contributed by atoms with Crippen molar-refractivity contribution in [3.8, 4) is 0 Å². The number of methoxy groups -OCH3 is 1. The van der Waals surface area contributed by atoms with Crippen LogP contribution in [0.2, 0.25) is 36.3 Å². The van der Waals surface area contributed by atoms with Crippen LogP contribution in [0.1, 0.15) is 121 Å². The minimum absolute atomic E-state index is 0.0110. The number of esters is 1. The molecule has 1 fully saturated rings. The number of rotatable bonds is 15. The molecule has 5 atom stereocenters. The van der Waals surface area contributed by atoms with Crippen molar-refractivity contribution in [1.82, 2.24) is 0 Å². The summed E-state index contributed by atoms with van der Waals surface area (Å²) in [5.74, 6) is 0.250. The Labute approximate surface area is 295 Å². The number of ether oxygens (including phenoxy) is 1. The summed E-state index contributed by atoms with van der Waals surface area (Å²) in [6, 6.07) is 18.0. The van der Waals surface area contributed by atoms with E-state index in [1.807, 2.05) is 0 Å². The van der Waals surface area contributed by atoms with Crippen molar-refractivity contribution >= 4 is 34.2 Å². The minimum atomic E-state index is -2.04. The van der Waals surface area contributed by atoms with Crippen molar-refractivity contribution in [2.45, 2.75) is 160 Å². The fourth-order valence-electron chi connectivity index (χ4n) is 6.31. The Morgan fingerprint density at radius 1 is 0.915 bits per heavy atom. The lowest BCUT2D eigenvalue weighted by Gasteiger charge is -2.40. The van der Waals surface area contributed by atoms with E-state index in [0.717, 1.165) is 24.8 Å². The number of hydrogen-bond donors (Lipinski definition) is 0. The van der Waals surface area contributed by atoms with Crippen molar-refractivity contribution in [2.75, 3.05) is 7.11 Å². The molecule has 1 aliphatic carbocycles. The number of hydrogen-bond acceptors (Lipinski definition) is 4. The van der Waals surface area contributed by atoms with E-state index in [2.05, 4.69) is 123 Å². The third-order valence-electron chi connectivity index (χ3n) is 11.4. The van der Waals surface area contributed by atoms with Crippen molar-refractivity contribution in [3.63, 3.8) is 0 Å². The molecule has 0 N–H and O–H groups in total. The predicted molar refractivity (Wildman–Crippen MR) is 205 cm³/mol. The van der Waals surface area contributed by atoms with Gasteiger partial charge in [-0.3, -0.25) is 4.79 Å². The highest BCUT2D eigenvalue weighted by atomic mass is 35.5. The van der Waals surface area contributed by atoms with E-state index < -0.39 is 16.6 Å². The van der Waals surface area contributed by atoms with Crippen LogP contribution in [0.4, 0.5) is 0 Å². The fraction of sp³-hybridized carbons (Fsp3) is 0.675. The SMILES string of the molecule is CCCCCC(O[Si](C)(C)C(C)(C)C)c1ccc([C@@H]2C(Cc3cccc(CCC(=O)OC)c3)[C@H](Cl)C[C@@H]2O[Si](C)(C)C(C)(C)C)cc1. The molecule has 47 heavy (non-hydrogen) atoms. The van der Waals surface area contributed by atoms with Crippen LogP contribution < -0.4 is 0 Å². The summed E-state index contributed by atoms with van der Waals surface area (Å²) >= 11 is 7.30. The molecule has 2 aromatic carbocycles. The topological polar surface area (TPSA) is 44.8 Å². The normalized spacial score (nSPS) is 21.6. The molecule has 0 saturated heterocycles. The summed E-state index contributed by atoms with van der Waals surface area (Å²) in [5, 5.41) is 0.284. The number of aryl methyl sites for hydroxylation is 1. The number of benzene rings is 2. The Balaban J connectivity index is 1.97. The number of carbonyl (C=O) groups is 1. The average Bonchev–Trinajstić information content (AvgIpc) is 3.27. The summed E-state index contributed by atoms with van der Waals surface area (Å²) in [6.07, 6.45) is 7.63. The highest BCUT2D eigenvalue weighted by Gasteiger charge is 2.48. The average molecular weight is 702 g/mol. The first kappa shape index (κ1) is 40.0. The standard InChI is InChI=1S/C40H65ClO4Si2/c1-13-14-15-19-35(44-46(9,10)39(2,3)4)31-21-23-32(24-22-31)38-33(34(41)28-36(38)45-47(11,12)40(5,6)7)27-30-18-16-17-29(26-30)20-25-37(42)43-8/h16-18,21-24,26,33-36,38H,13-15,19-20,25,27-28H2,1-12H3/t33?,34-,35?,36+,38-/m1/s1. The molecule has 3 rings (SSSR count). The van der Waals surface area contributed by atoms with E-state index >= 15 is 0 Å². The lowest BCUT2D eigenvalue weighted by molar-refractivity contribution is -0.140. The van der Waals surface area contributed by atoms with E-state index in [1.165, 1.54) is 43.1 Å². The van der Waals surface area contributed by atoms with Crippen LogP contribution in [0.3, 0.4) is 0 Å². The van der Waals surface area contributed by atoms with Crippen molar-refractivity contribution in [1.29, 1.82) is 0 Å². The van der Waals surface area contributed by atoms with Gasteiger partial charge in [0.15, 0.2) is 16.6 Å². The van der Waals surface area contributed by atoms with Crippen LogP contribution in [-0.4, -0.2) is 41.2 Å². The molecule has 0 spiro atoms. The molecule has 0 heterocycles. The van der Waals surface area contributed by atoms with E-state index in [-0.39, 0.29) is 45.5 Å². The Kier molecular flexibility index (Phi) is 14.0. The number of carbonyl (C=O) groups excluding carboxylic acids is 1. The third kappa shape index (κ3) is 10.8. The molecular weight excluding hydrogens is 636 g/mol. The molecule has 1 aliphatic rings. The fourth-order valence-corrected chi connectivity index (χ4v) is 9.40. The third-order valence-corrected chi connectivity index (χ3v) is 20.8. The summed E-state index contributed by atoms with van der Waals surface area (Å²) in [4.78, 5) is 11.8. The van der Waals surface area contributed by atoms with Gasteiger partial charge in [0.1, 0.15) is 0 Å². The van der Waals surface area contributed by atoms with Crippen LogP contribution in [0.25, 0.3) is 0 Å². The quantitative estimate of drug-likeness (QED) is 0.0803. The van der Waals surface area contributed by atoms with Crippen molar-refractivity contribution in [2.24, 2.45) is 5.92 Å². The molecular formula is C40H65ClO4Si2. The van der Waals surface area contributed by atoms with Gasteiger partial charge < -0.3 is 13.6 Å². The summed E-state index contributed by atoms with van der Waals surface area (Å²) in [5.41, 5.74) is 5.01. The molecule has 264 valence electrons. The first-order chi connectivity index (χ1) is 21.8. The van der Waals surface area contributed by atoms with Gasteiger partial charge in [-0.25, -0.2) is 0 Å². The van der Waals surface area contributed by atoms with Gasteiger partial charge in [0.05, 0.1) is 19.3 Å². The maximum atomic E-state index is 11.8. The highest BCUT2D eigenvalue weighted by molar-refractivity contribution is 6.74. The molecule has 4 nitrogen and oxygen atoms in total. The van der Waals surface area contributed by atoms with Crippen molar-refractivity contribution < 1.29 is 18.4 Å². The van der Waals surface area contributed by atoms with E-state index in [9.17, 15) is 4.79 Å². The summed E-state index contributed by atoms with van der Waals surface area (Å²) in [6.45, 7) is 25.6. The smallest absolute Gasteiger partial charge is 0.305 e. The Hall–Kier alpha value is -1.45. The number of unbranched alkanes of at least 4 members (excludes halogenated alkanes) is 2. The molecule has 7 heteroatoms. The second kappa shape index (κ2) is 16.5. The first-order valence-corrected chi connectivity index (χ1v) is 24.3. The van der Waals surface area contributed by atoms with Gasteiger partial charge in [-0.1, -0.05) is 116 Å². The van der Waals surface area contributed by atoms with Gasteiger partial charge in [-0.2, -0.15) is 0 Å². The van der Waals surface area contributed by atoms with Crippen LogP contribution in [0, 0.1) is 5.92 Å². The monoisotopic (exact) mass is 700 g/mol. The van der Waals surface area contributed by atoms with Crippen LogP contribution in [0.15, 0.2) is 48.5 Å². The summed E-state index contributed by atoms with van der Waals surface area (Å²) in [7, 11) is -2.54. The molecule has 1 saturated carbocycles. The maximum absolute atomic E-state index is 11.8. The van der Waals surface area contributed by atoms with E-state index in [1.54, 1.807) is 0 Å². The molecule has 0 amide bonds. The van der Waals surface area contributed by atoms with Gasteiger partial charge in [-0.15, -0.1) is 11.6 Å². The van der Waals surface area contributed by atoms with Crippen molar-refractivity contribution in [3.05, 3.63) is 70.8 Å². The zero-order chi connectivity index (χ0) is 35.2. The number of halogens is 1. The minimum Gasteiger partial charge on any atom is -0.469 e. The first-order valence-electron chi connectivity index (χ1n) is 18.0. The van der Waals surface area contributed by atoms with Crippen LogP contribution in [-0.2, 0) is 31.2 Å². The molecule has 0 aliphatic heterocycles. The molecule has 0 aromatic heterocycles. The second-order valence-electron chi connectivity index (χ2n) is 17.0. The predicted octanol–water partition coefficient (Wildman–Crippen LogP) is 11.8. The zero-order valence-electron chi connectivity index (χ0n) is 31.7. The Bertz CT molecular complexity index is 1280.